The van der Waals surface area contributed by atoms with Crippen LogP contribution in [0, 0.1) is 27.2 Å². The minimum atomic E-state index is -0.893. The molecule has 0 aliphatic heterocycles. The van der Waals surface area contributed by atoms with Crippen molar-refractivity contribution in [2.24, 2.45) is 0 Å². The minimum Gasteiger partial charge on any atom is -0.309 e. The van der Waals surface area contributed by atoms with Crippen LogP contribution in [0.5, 0.6) is 0 Å². The Kier molecular flexibility index (Phi) is 4.21. The van der Waals surface area contributed by atoms with Gasteiger partial charge in [-0.15, -0.1) is 20.2 Å². The van der Waals surface area contributed by atoms with Gasteiger partial charge in [0.25, 0.3) is 10.2 Å². The summed E-state index contributed by atoms with van der Waals surface area (Å²) >= 11 is 0. The predicted molar refractivity (Wildman–Crippen MR) is 54.7 cm³/mol. The molecule has 0 saturated carbocycles. The molecule has 1 aromatic carbocycles. The van der Waals surface area contributed by atoms with Crippen LogP contribution in [-0.2, 0) is 22.9 Å². The first-order valence-corrected chi connectivity index (χ1v) is 4.61. The summed E-state index contributed by atoms with van der Waals surface area (Å²) in [4.78, 5) is 28.5. The van der Waals surface area contributed by atoms with Crippen molar-refractivity contribution in [1.29, 1.82) is 0 Å². The number of hydrogen-bond donors (Lipinski definition) is 0. The van der Waals surface area contributed by atoms with Crippen molar-refractivity contribution in [3.63, 3.8) is 0 Å². The third-order valence-electron chi connectivity index (χ3n) is 1.87. The van der Waals surface area contributed by atoms with Crippen LogP contribution in [-0.4, -0.2) is 10.2 Å². The molecule has 0 fully saturated rings. The van der Waals surface area contributed by atoms with E-state index in [-0.39, 0.29) is 13.2 Å². The Morgan fingerprint density at radius 1 is 1.00 bits per heavy atom. The van der Waals surface area contributed by atoms with Crippen LogP contribution in [0.2, 0.25) is 0 Å². The highest BCUT2D eigenvalue weighted by Gasteiger charge is 2.03. The van der Waals surface area contributed by atoms with E-state index in [0.717, 1.165) is 5.56 Å². The predicted octanol–water partition coefficient (Wildman–Crippen LogP) is 1.41. The molecule has 0 bridgehead atoms. The molecule has 0 amide bonds. The smallest absolute Gasteiger partial charge is 0.294 e. The fourth-order valence-electron chi connectivity index (χ4n) is 1.37. The molecule has 8 heteroatoms. The standard InChI is InChI=1S/C9H10N2O6/c1-7-2-8(5-16-10(12)13)4-9(3-7)6-17-11(14)15/h2-4H,5-6H2,1H3. The Morgan fingerprint density at radius 3 is 1.76 bits per heavy atom. The van der Waals surface area contributed by atoms with Crippen molar-refractivity contribution < 1.29 is 19.8 Å². The number of nitrogens with zero attached hydrogens (tertiary/aromatic N) is 2. The van der Waals surface area contributed by atoms with E-state index in [9.17, 15) is 20.2 Å². The van der Waals surface area contributed by atoms with Crippen molar-refractivity contribution in [2.45, 2.75) is 20.1 Å². The molecule has 1 rings (SSSR count). The second kappa shape index (κ2) is 5.64. The maximum atomic E-state index is 10.0. The van der Waals surface area contributed by atoms with Gasteiger partial charge < -0.3 is 9.68 Å². The van der Waals surface area contributed by atoms with E-state index in [0.29, 0.717) is 11.1 Å². The molecule has 0 heterocycles. The molecule has 92 valence electrons. The second-order valence-corrected chi connectivity index (χ2v) is 3.32. The lowest BCUT2D eigenvalue weighted by atomic mass is 10.1. The topological polar surface area (TPSA) is 105 Å². The van der Waals surface area contributed by atoms with Crippen LogP contribution in [0.25, 0.3) is 0 Å². The van der Waals surface area contributed by atoms with Gasteiger partial charge in [-0.25, -0.2) is 0 Å². The zero-order chi connectivity index (χ0) is 12.8. The molecular weight excluding hydrogens is 232 g/mol. The number of hydrogen-bond acceptors (Lipinski definition) is 6. The average molecular weight is 242 g/mol. The molecule has 0 aliphatic carbocycles. The molecular formula is C9H10N2O6. The zero-order valence-corrected chi connectivity index (χ0v) is 8.99. The van der Waals surface area contributed by atoms with E-state index in [1.165, 1.54) is 0 Å². The van der Waals surface area contributed by atoms with Crippen molar-refractivity contribution >= 4 is 0 Å². The second-order valence-electron chi connectivity index (χ2n) is 3.32. The zero-order valence-electron chi connectivity index (χ0n) is 8.99. The highest BCUT2D eigenvalue weighted by Crippen LogP contribution is 2.12. The van der Waals surface area contributed by atoms with Crippen LogP contribution in [0.1, 0.15) is 16.7 Å². The Balaban J connectivity index is 2.71. The Labute approximate surface area is 96.0 Å². The normalized spacial score (nSPS) is 9.71. The fraction of sp³-hybridized carbons (Fsp3) is 0.333. The van der Waals surface area contributed by atoms with Crippen molar-refractivity contribution in [1.82, 2.24) is 0 Å². The number of rotatable bonds is 6. The molecule has 0 atom stereocenters. The average Bonchev–Trinajstić information content (AvgIpc) is 2.23. The van der Waals surface area contributed by atoms with E-state index in [1.54, 1.807) is 25.1 Å². The van der Waals surface area contributed by atoms with Gasteiger partial charge in [0.2, 0.25) is 0 Å². The molecule has 0 aliphatic rings. The largest absolute Gasteiger partial charge is 0.309 e. The summed E-state index contributed by atoms with van der Waals surface area (Å²) < 4.78 is 0. The van der Waals surface area contributed by atoms with Crippen LogP contribution in [0.3, 0.4) is 0 Å². The highest BCUT2D eigenvalue weighted by atomic mass is 17.0. The first-order valence-electron chi connectivity index (χ1n) is 4.61. The van der Waals surface area contributed by atoms with Crippen molar-refractivity contribution in [2.75, 3.05) is 0 Å². The van der Waals surface area contributed by atoms with Gasteiger partial charge in [0.05, 0.1) is 0 Å². The van der Waals surface area contributed by atoms with Gasteiger partial charge in [-0.3, -0.25) is 0 Å². The van der Waals surface area contributed by atoms with Crippen molar-refractivity contribution in [3.8, 4) is 0 Å². The van der Waals surface area contributed by atoms with Gasteiger partial charge in [0, 0.05) is 0 Å². The SMILES string of the molecule is Cc1cc(CO[N+](=O)[O-])cc(CO[N+](=O)[O-])c1. The third kappa shape index (κ3) is 4.78. The van der Waals surface area contributed by atoms with Gasteiger partial charge >= 0.3 is 0 Å². The Morgan fingerprint density at radius 2 is 1.41 bits per heavy atom. The molecule has 1 aromatic rings. The summed E-state index contributed by atoms with van der Waals surface area (Å²) in [7, 11) is 0. The maximum Gasteiger partial charge on any atom is 0.294 e. The van der Waals surface area contributed by atoms with Crippen LogP contribution >= 0.6 is 0 Å². The lowest BCUT2D eigenvalue weighted by Crippen LogP contribution is -2.03. The summed E-state index contributed by atoms with van der Waals surface area (Å²) in [5.74, 6) is 0. The third-order valence-corrected chi connectivity index (χ3v) is 1.87. The Hall–Kier alpha value is -2.38. The summed E-state index contributed by atoms with van der Waals surface area (Å²) in [5, 5.41) is 18.3. The summed E-state index contributed by atoms with van der Waals surface area (Å²) in [5.41, 5.74) is 1.93. The molecule has 0 unspecified atom stereocenters. The summed E-state index contributed by atoms with van der Waals surface area (Å²) in [6.45, 7) is 1.38. The first-order chi connectivity index (χ1) is 7.97. The van der Waals surface area contributed by atoms with Crippen LogP contribution < -0.4 is 0 Å². The van der Waals surface area contributed by atoms with Gasteiger partial charge in [-0.1, -0.05) is 23.8 Å². The van der Waals surface area contributed by atoms with Gasteiger partial charge in [-0.05, 0) is 18.1 Å². The molecule has 0 N–H and O–H groups in total. The molecule has 0 saturated heterocycles. The molecule has 17 heavy (non-hydrogen) atoms. The quantitative estimate of drug-likeness (QED) is 0.551. The highest BCUT2D eigenvalue weighted by molar-refractivity contribution is 5.28. The molecule has 0 spiro atoms. The molecule has 8 nitrogen and oxygen atoms in total. The van der Waals surface area contributed by atoms with Gasteiger partial charge in [0.1, 0.15) is 13.2 Å². The van der Waals surface area contributed by atoms with E-state index >= 15 is 0 Å². The van der Waals surface area contributed by atoms with E-state index in [2.05, 4.69) is 9.68 Å². The van der Waals surface area contributed by atoms with Crippen LogP contribution in [0.15, 0.2) is 18.2 Å². The van der Waals surface area contributed by atoms with E-state index in [1.807, 2.05) is 0 Å². The number of aryl methyl sites for hydroxylation is 1. The van der Waals surface area contributed by atoms with Gasteiger partial charge in [0.15, 0.2) is 0 Å². The first kappa shape index (κ1) is 12.7. The van der Waals surface area contributed by atoms with E-state index < -0.39 is 10.2 Å². The van der Waals surface area contributed by atoms with E-state index in [4.69, 9.17) is 0 Å². The lowest BCUT2D eigenvalue weighted by Gasteiger charge is -2.06. The summed E-state index contributed by atoms with van der Waals surface area (Å²) in [6, 6.07) is 4.94. The molecule has 0 radical (unpaired) electrons. The van der Waals surface area contributed by atoms with Gasteiger partial charge in [-0.2, -0.15) is 0 Å². The molecule has 0 aromatic heterocycles. The monoisotopic (exact) mass is 242 g/mol. The maximum absolute atomic E-state index is 10.0. The number of benzene rings is 1. The fourth-order valence-corrected chi connectivity index (χ4v) is 1.37. The van der Waals surface area contributed by atoms with Crippen LogP contribution in [0.4, 0.5) is 0 Å². The van der Waals surface area contributed by atoms with Crippen molar-refractivity contribution in [3.05, 3.63) is 55.1 Å². The Bertz CT molecular complexity index is 397. The minimum absolute atomic E-state index is 0.194. The summed E-state index contributed by atoms with van der Waals surface area (Å²) in [6.07, 6.45) is 0. The lowest BCUT2D eigenvalue weighted by molar-refractivity contribution is -0.763.